The summed E-state index contributed by atoms with van der Waals surface area (Å²) in [5.74, 6) is 1.16. The van der Waals surface area contributed by atoms with E-state index in [0.717, 1.165) is 43.0 Å². The third kappa shape index (κ3) is 3.14. The van der Waals surface area contributed by atoms with Crippen LogP contribution in [0.1, 0.15) is 66.2 Å². The predicted octanol–water partition coefficient (Wildman–Crippen LogP) is 5.85. The van der Waals surface area contributed by atoms with Crippen LogP contribution in [0.4, 0.5) is 0 Å². The van der Waals surface area contributed by atoms with Gasteiger partial charge in [-0.25, -0.2) is 0 Å². The molecule has 154 valence electrons. The van der Waals surface area contributed by atoms with Crippen molar-refractivity contribution in [3.8, 4) is 11.5 Å². The van der Waals surface area contributed by atoms with Crippen LogP contribution >= 0.6 is 15.9 Å². The van der Waals surface area contributed by atoms with E-state index in [-0.39, 0.29) is 40.2 Å². The van der Waals surface area contributed by atoms with Gasteiger partial charge in [-0.3, -0.25) is 4.79 Å². The van der Waals surface area contributed by atoms with Crippen molar-refractivity contribution >= 4 is 21.9 Å². The van der Waals surface area contributed by atoms with Gasteiger partial charge in [0.2, 0.25) is 0 Å². The molecule has 3 aliphatic carbocycles. The zero-order valence-corrected chi connectivity index (χ0v) is 18.8. The molecule has 0 aromatic heterocycles. The third-order valence-electron chi connectivity index (χ3n) is 7.87. The molecule has 0 heterocycles. The van der Waals surface area contributed by atoms with Gasteiger partial charge in [0.15, 0.2) is 11.5 Å². The van der Waals surface area contributed by atoms with Gasteiger partial charge in [0.05, 0.1) is 0 Å². The highest BCUT2D eigenvalue weighted by atomic mass is 79.9. The molecule has 1 aromatic carbocycles. The minimum absolute atomic E-state index is 0.00187. The van der Waals surface area contributed by atoms with Gasteiger partial charge >= 0.3 is 5.97 Å². The van der Waals surface area contributed by atoms with Gasteiger partial charge in [0.1, 0.15) is 12.2 Å². The number of carbonyl (C=O) groups excluding carboxylic acids is 1. The molecule has 1 aromatic rings. The van der Waals surface area contributed by atoms with Crippen LogP contribution < -0.4 is 4.74 Å². The number of hydrogen-bond donors (Lipinski definition) is 1. The first-order valence-corrected chi connectivity index (χ1v) is 11.2. The molecule has 4 nitrogen and oxygen atoms in total. The average Bonchev–Trinajstić information content (AvgIpc) is 2.78. The lowest BCUT2D eigenvalue weighted by Gasteiger charge is -2.58. The molecule has 3 aliphatic rings. The second kappa shape index (κ2) is 6.65. The Morgan fingerprint density at radius 1 is 1.18 bits per heavy atom. The Morgan fingerprint density at radius 3 is 2.61 bits per heavy atom. The number of ether oxygens (including phenoxy) is 2. The first-order chi connectivity index (χ1) is 13.1. The van der Waals surface area contributed by atoms with Gasteiger partial charge in [-0.15, -0.1) is 0 Å². The quantitative estimate of drug-likeness (QED) is 0.586. The molecular weight excluding hydrogens is 420 g/mol. The van der Waals surface area contributed by atoms with E-state index in [1.165, 1.54) is 6.92 Å². The van der Waals surface area contributed by atoms with E-state index in [4.69, 9.17) is 9.47 Å². The maximum Gasteiger partial charge on any atom is 0.302 e. The van der Waals surface area contributed by atoms with E-state index >= 15 is 0 Å². The van der Waals surface area contributed by atoms with Crippen molar-refractivity contribution in [1.82, 2.24) is 0 Å². The second-order valence-electron chi connectivity index (χ2n) is 10.2. The lowest BCUT2D eigenvalue weighted by atomic mass is 9.49. The minimum Gasteiger partial charge on any atom is -0.504 e. The number of phenolic OH excluding ortho intramolecular Hbond substituents is 1. The zero-order valence-electron chi connectivity index (χ0n) is 17.3. The molecule has 28 heavy (non-hydrogen) atoms. The summed E-state index contributed by atoms with van der Waals surface area (Å²) in [6.07, 6.45) is 6.23. The Kier molecular flexibility index (Phi) is 4.76. The van der Waals surface area contributed by atoms with E-state index < -0.39 is 0 Å². The van der Waals surface area contributed by atoms with Crippen LogP contribution in [0.15, 0.2) is 22.7 Å². The predicted molar refractivity (Wildman–Crippen MR) is 111 cm³/mol. The van der Waals surface area contributed by atoms with Crippen LogP contribution in [0.5, 0.6) is 11.5 Å². The fourth-order valence-electron chi connectivity index (χ4n) is 6.81. The summed E-state index contributed by atoms with van der Waals surface area (Å²) >= 11 is 3.40. The van der Waals surface area contributed by atoms with Crippen LogP contribution in [0.3, 0.4) is 0 Å². The lowest BCUT2D eigenvalue weighted by Crippen LogP contribution is -2.55. The fraction of sp³-hybridized carbons (Fsp3) is 0.696. The first-order valence-electron chi connectivity index (χ1n) is 10.4. The molecule has 2 bridgehead atoms. The molecule has 1 N–H and O–H groups in total. The van der Waals surface area contributed by atoms with Gasteiger partial charge < -0.3 is 14.6 Å². The summed E-state index contributed by atoms with van der Waals surface area (Å²) in [4.78, 5) is 11.6. The molecule has 0 unspecified atom stereocenters. The average molecular weight is 451 g/mol. The fourth-order valence-corrected chi connectivity index (χ4v) is 7.16. The van der Waals surface area contributed by atoms with Crippen molar-refractivity contribution in [2.24, 2.45) is 22.2 Å². The van der Waals surface area contributed by atoms with Crippen molar-refractivity contribution in [1.29, 1.82) is 0 Å². The highest BCUT2D eigenvalue weighted by Crippen LogP contribution is 2.69. The van der Waals surface area contributed by atoms with Crippen LogP contribution in [-0.4, -0.2) is 23.3 Å². The number of benzene rings is 1. The zero-order chi connectivity index (χ0) is 20.3. The van der Waals surface area contributed by atoms with Gasteiger partial charge in [-0.05, 0) is 68.1 Å². The highest BCUT2D eigenvalue weighted by Gasteiger charge is 2.66. The maximum atomic E-state index is 11.6. The van der Waals surface area contributed by atoms with E-state index in [9.17, 15) is 9.90 Å². The number of halogens is 1. The Hall–Kier alpha value is -1.23. The number of aromatic hydroxyl groups is 1. The Morgan fingerprint density at radius 2 is 1.93 bits per heavy atom. The highest BCUT2D eigenvalue weighted by molar-refractivity contribution is 9.10. The van der Waals surface area contributed by atoms with Gasteiger partial charge in [-0.2, -0.15) is 0 Å². The number of esters is 1. The standard InChI is InChI=1S/C23H31BrO4/c1-14(25)27-19-8-10-23-13-22(19,4)9-7-18(23)21(2,3)12-20(23)28-17-6-5-15(24)11-16(17)26/h5-6,11,18-20,26H,7-10,12-13H2,1-4H3/t18-,19+,20-,22+,23-/m0/s1. The van der Waals surface area contributed by atoms with Gasteiger partial charge in [-0.1, -0.05) is 36.7 Å². The molecule has 3 fully saturated rings. The summed E-state index contributed by atoms with van der Waals surface area (Å²) < 4.78 is 13.1. The van der Waals surface area contributed by atoms with Crippen molar-refractivity contribution in [3.05, 3.63) is 22.7 Å². The third-order valence-corrected chi connectivity index (χ3v) is 8.37. The number of hydrogen-bond acceptors (Lipinski definition) is 4. The van der Waals surface area contributed by atoms with Crippen molar-refractivity contribution in [2.45, 2.75) is 78.4 Å². The van der Waals surface area contributed by atoms with Crippen molar-refractivity contribution in [2.75, 3.05) is 0 Å². The lowest BCUT2D eigenvalue weighted by molar-refractivity contribution is -0.177. The minimum atomic E-state index is -0.177. The van der Waals surface area contributed by atoms with E-state index in [0.29, 0.717) is 11.7 Å². The van der Waals surface area contributed by atoms with E-state index in [2.05, 4.69) is 36.7 Å². The summed E-state index contributed by atoms with van der Waals surface area (Å²) in [7, 11) is 0. The Labute approximate surface area is 176 Å². The molecule has 0 aliphatic heterocycles. The summed E-state index contributed by atoms with van der Waals surface area (Å²) in [6, 6.07) is 5.45. The first kappa shape index (κ1) is 20.1. The Balaban J connectivity index is 1.66. The van der Waals surface area contributed by atoms with Crippen molar-refractivity contribution < 1.29 is 19.4 Å². The topological polar surface area (TPSA) is 55.8 Å². The summed E-state index contributed by atoms with van der Waals surface area (Å²) in [5.41, 5.74) is 0.280. The number of phenols is 1. The molecule has 5 heteroatoms. The normalized spacial score (nSPS) is 38.5. The van der Waals surface area contributed by atoms with Crippen LogP contribution in [0.25, 0.3) is 0 Å². The molecule has 0 saturated heterocycles. The maximum absolute atomic E-state index is 11.6. The van der Waals surface area contributed by atoms with Crippen molar-refractivity contribution in [3.63, 3.8) is 0 Å². The largest absolute Gasteiger partial charge is 0.504 e. The molecule has 4 rings (SSSR count). The van der Waals surface area contributed by atoms with Crippen LogP contribution in [-0.2, 0) is 9.53 Å². The second-order valence-corrected chi connectivity index (χ2v) is 11.1. The molecule has 1 spiro atoms. The molecule has 0 amide bonds. The molecule has 0 radical (unpaired) electrons. The molecular formula is C23H31BrO4. The molecule has 3 saturated carbocycles. The van der Waals surface area contributed by atoms with Crippen LogP contribution in [0, 0.1) is 22.2 Å². The summed E-state index contributed by atoms with van der Waals surface area (Å²) in [5, 5.41) is 10.4. The molecule has 5 atom stereocenters. The monoisotopic (exact) mass is 450 g/mol. The van der Waals surface area contributed by atoms with E-state index in [1.54, 1.807) is 6.07 Å². The SMILES string of the molecule is CC(=O)O[C@@H]1CC[C@]23C[C@@]1(C)CC[C@H]2C(C)(C)C[C@@H]3Oc1ccc(Br)cc1O. The van der Waals surface area contributed by atoms with Gasteiger partial charge in [0.25, 0.3) is 0 Å². The van der Waals surface area contributed by atoms with E-state index in [1.807, 2.05) is 12.1 Å². The number of fused-ring (bicyclic) bond motifs is 1. The Bertz CT molecular complexity index is 791. The van der Waals surface area contributed by atoms with Gasteiger partial charge in [0, 0.05) is 22.2 Å². The van der Waals surface area contributed by atoms with Crippen LogP contribution in [0.2, 0.25) is 0 Å². The number of rotatable bonds is 3. The summed E-state index contributed by atoms with van der Waals surface area (Å²) in [6.45, 7) is 8.54. The number of carbonyl (C=O) groups is 1. The smallest absolute Gasteiger partial charge is 0.302 e.